The Morgan fingerprint density at radius 2 is 1.53 bits per heavy atom. The molecule has 0 spiro atoms. The molecule has 0 aliphatic rings. The average molecular weight is 212 g/mol. The summed E-state index contributed by atoms with van der Waals surface area (Å²) in [6.07, 6.45) is 8.42. The van der Waals surface area contributed by atoms with Gasteiger partial charge < -0.3 is 4.79 Å². The van der Waals surface area contributed by atoms with Crippen molar-refractivity contribution in [3.63, 3.8) is 0 Å². The monoisotopic (exact) mass is 212 g/mol. The molecular weight excluding hydrogens is 184 g/mol. The van der Waals surface area contributed by atoms with Gasteiger partial charge in [0.05, 0.1) is 0 Å². The molecule has 0 rings (SSSR count). The van der Waals surface area contributed by atoms with Crippen LogP contribution in [0.1, 0.15) is 66.2 Å². The van der Waals surface area contributed by atoms with E-state index in [0.717, 1.165) is 12.3 Å². The molecule has 1 nitrogen and oxygen atoms in total. The topological polar surface area (TPSA) is 17.1 Å². The first kappa shape index (κ1) is 14.7. The minimum atomic E-state index is 0.296. The first-order chi connectivity index (χ1) is 7.15. The summed E-state index contributed by atoms with van der Waals surface area (Å²) in [6, 6.07) is 0. The minimum Gasteiger partial charge on any atom is -0.303 e. The van der Waals surface area contributed by atoms with Crippen molar-refractivity contribution in [3.05, 3.63) is 0 Å². The molecule has 0 aliphatic heterocycles. The highest BCUT2D eigenvalue weighted by molar-refractivity contribution is 5.53. The van der Waals surface area contributed by atoms with Crippen LogP contribution in [0, 0.1) is 17.8 Å². The quantitative estimate of drug-likeness (QED) is 0.516. The maximum atomic E-state index is 11.0. The summed E-state index contributed by atoms with van der Waals surface area (Å²) in [6.45, 7) is 8.94. The smallest absolute Gasteiger partial charge is 0.123 e. The maximum Gasteiger partial charge on any atom is 0.123 e. The zero-order valence-corrected chi connectivity index (χ0v) is 11.0. The largest absolute Gasteiger partial charge is 0.303 e. The van der Waals surface area contributed by atoms with E-state index in [2.05, 4.69) is 27.7 Å². The van der Waals surface area contributed by atoms with Crippen LogP contribution in [0.2, 0.25) is 0 Å². The van der Waals surface area contributed by atoms with Crippen molar-refractivity contribution in [2.45, 2.75) is 66.2 Å². The zero-order valence-electron chi connectivity index (χ0n) is 11.0. The molecule has 0 amide bonds. The lowest BCUT2D eigenvalue weighted by molar-refractivity contribution is -0.112. The molecule has 0 fully saturated rings. The molecule has 90 valence electrons. The van der Waals surface area contributed by atoms with Crippen LogP contribution in [-0.4, -0.2) is 6.29 Å². The van der Waals surface area contributed by atoms with Gasteiger partial charge in [-0.2, -0.15) is 0 Å². The molecule has 0 radical (unpaired) electrons. The van der Waals surface area contributed by atoms with Gasteiger partial charge in [-0.25, -0.2) is 0 Å². The first-order valence-electron chi connectivity index (χ1n) is 6.60. The van der Waals surface area contributed by atoms with E-state index >= 15 is 0 Å². The zero-order chi connectivity index (χ0) is 11.7. The van der Waals surface area contributed by atoms with Crippen molar-refractivity contribution >= 4 is 6.29 Å². The Balaban J connectivity index is 3.83. The van der Waals surface area contributed by atoms with Crippen molar-refractivity contribution < 1.29 is 4.79 Å². The van der Waals surface area contributed by atoms with E-state index in [1.54, 1.807) is 0 Å². The predicted octanol–water partition coefficient (Wildman–Crippen LogP) is 4.45. The van der Waals surface area contributed by atoms with Gasteiger partial charge in [-0.3, -0.25) is 0 Å². The van der Waals surface area contributed by atoms with Crippen LogP contribution in [0.25, 0.3) is 0 Å². The Morgan fingerprint density at radius 1 is 0.933 bits per heavy atom. The van der Waals surface area contributed by atoms with E-state index in [1.165, 1.54) is 38.4 Å². The first-order valence-corrected chi connectivity index (χ1v) is 6.60. The highest BCUT2D eigenvalue weighted by atomic mass is 16.1. The van der Waals surface area contributed by atoms with Crippen molar-refractivity contribution in [2.75, 3.05) is 0 Å². The summed E-state index contributed by atoms with van der Waals surface area (Å²) in [4.78, 5) is 11.0. The third-order valence-electron chi connectivity index (χ3n) is 3.42. The van der Waals surface area contributed by atoms with Gasteiger partial charge in [0, 0.05) is 5.92 Å². The average Bonchev–Trinajstić information content (AvgIpc) is 2.19. The molecule has 0 aromatic rings. The van der Waals surface area contributed by atoms with E-state index in [-0.39, 0.29) is 0 Å². The molecule has 0 heterocycles. The van der Waals surface area contributed by atoms with Crippen LogP contribution in [0.3, 0.4) is 0 Å². The Bertz CT molecular complexity index is 153. The Labute approximate surface area is 95.6 Å². The molecule has 0 N–H and O–H groups in total. The van der Waals surface area contributed by atoms with Gasteiger partial charge in [0.1, 0.15) is 6.29 Å². The Morgan fingerprint density at radius 3 is 2.00 bits per heavy atom. The van der Waals surface area contributed by atoms with Gasteiger partial charge in [-0.15, -0.1) is 0 Å². The number of carbonyl (C=O) groups excluding carboxylic acids is 1. The molecule has 0 aliphatic carbocycles. The molecule has 0 aromatic carbocycles. The molecule has 0 aromatic heterocycles. The molecule has 0 saturated carbocycles. The summed E-state index contributed by atoms with van der Waals surface area (Å²) >= 11 is 0. The maximum absolute atomic E-state index is 11.0. The number of hydrogen-bond donors (Lipinski definition) is 0. The molecule has 3 atom stereocenters. The molecule has 0 bridgehead atoms. The lowest BCUT2D eigenvalue weighted by atomic mass is 9.85. The van der Waals surface area contributed by atoms with Gasteiger partial charge in [0.15, 0.2) is 0 Å². The Hall–Kier alpha value is -0.330. The van der Waals surface area contributed by atoms with Crippen molar-refractivity contribution in [1.29, 1.82) is 0 Å². The lowest BCUT2D eigenvalue weighted by Gasteiger charge is -2.19. The Kier molecular flexibility index (Phi) is 8.74. The molecular formula is C14H28O. The van der Waals surface area contributed by atoms with Gasteiger partial charge in [-0.1, -0.05) is 59.8 Å². The fraction of sp³-hybridized carbons (Fsp3) is 0.929. The second kappa shape index (κ2) is 8.94. The van der Waals surface area contributed by atoms with E-state index in [1.807, 2.05) is 0 Å². The van der Waals surface area contributed by atoms with E-state index in [9.17, 15) is 4.79 Å². The lowest BCUT2D eigenvalue weighted by Crippen LogP contribution is -2.14. The van der Waals surface area contributed by atoms with Crippen LogP contribution in [0.5, 0.6) is 0 Å². The van der Waals surface area contributed by atoms with Crippen LogP contribution in [0.15, 0.2) is 0 Å². The number of aldehydes is 1. The van der Waals surface area contributed by atoms with Crippen LogP contribution in [0.4, 0.5) is 0 Å². The number of rotatable bonds is 9. The third kappa shape index (κ3) is 6.70. The number of hydrogen-bond acceptors (Lipinski definition) is 1. The van der Waals surface area contributed by atoms with Crippen molar-refractivity contribution in [3.8, 4) is 0 Å². The van der Waals surface area contributed by atoms with E-state index in [0.29, 0.717) is 11.8 Å². The fourth-order valence-corrected chi connectivity index (χ4v) is 2.27. The third-order valence-corrected chi connectivity index (χ3v) is 3.42. The molecule has 3 unspecified atom stereocenters. The summed E-state index contributed by atoms with van der Waals surface area (Å²) in [7, 11) is 0. The standard InChI is InChI=1S/C14H28O/c1-5-7-12(3)9-10-14(11-15)13(4)8-6-2/h11-14H,5-10H2,1-4H3. The molecule has 15 heavy (non-hydrogen) atoms. The summed E-state index contributed by atoms with van der Waals surface area (Å²) in [5.41, 5.74) is 0. The van der Waals surface area contributed by atoms with E-state index < -0.39 is 0 Å². The molecule has 0 saturated heterocycles. The van der Waals surface area contributed by atoms with Gasteiger partial charge in [0.25, 0.3) is 0 Å². The van der Waals surface area contributed by atoms with Gasteiger partial charge >= 0.3 is 0 Å². The summed E-state index contributed by atoms with van der Waals surface area (Å²) in [5, 5.41) is 0. The van der Waals surface area contributed by atoms with Crippen molar-refractivity contribution in [2.24, 2.45) is 17.8 Å². The van der Waals surface area contributed by atoms with Crippen LogP contribution >= 0.6 is 0 Å². The molecule has 1 heteroatoms. The SMILES string of the molecule is CCCC(C)CCC(C=O)C(C)CCC. The van der Waals surface area contributed by atoms with Gasteiger partial charge in [-0.05, 0) is 18.3 Å². The summed E-state index contributed by atoms with van der Waals surface area (Å²) < 4.78 is 0. The summed E-state index contributed by atoms with van der Waals surface area (Å²) in [5.74, 6) is 1.65. The van der Waals surface area contributed by atoms with Crippen molar-refractivity contribution in [1.82, 2.24) is 0 Å². The second-order valence-electron chi connectivity index (χ2n) is 5.04. The number of carbonyl (C=O) groups is 1. The normalized spacial score (nSPS) is 17.1. The predicted molar refractivity (Wildman–Crippen MR) is 66.9 cm³/mol. The van der Waals surface area contributed by atoms with E-state index in [4.69, 9.17) is 0 Å². The fourth-order valence-electron chi connectivity index (χ4n) is 2.27. The minimum absolute atomic E-state index is 0.296. The van der Waals surface area contributed by atoms with Crippen LogP contribution in [-0.2, 0) is 4.79 Å². The van der Waals surface area contributed by atoms with Gasteiger partial charge in [0.2, 0.25) is 0 Å². The van der Waals surface area contributed by atoms with Crippen LogP contribution < -0.4 is 0 Å². The highest BCUT2D eigenvalue weighted by Crippen LogP contribution is 2.23. The highest BCUT2D eigenvalue weighted by Gasteiger charge is 2.16. The second-order valence-corrected chi connectivity index (χ2v) is 5.04.